The largest absolute Gasteiger partial charge is 0.358 e. The fourth-order valence-corrected chi connectivity index (χ4v) is 4.61. The van der Waals surface area contributed by atoms with E-state index in [1.165, 1.54) is 11.3 Å². The van der Waals surface area contributed by atoms with Gasteiger partial charge in [-0.2, -0.15) is 0 Å². The Kier molecular flexibility index (Phi) is 4.90. The van der Waals surface area contributed by atoms with E-state index in [0.717, 1.165) is 28.3 Å². The number of aryl methyl sites for hydroxylation is 2. The Morgan fingerprint density at radius 1 is 1.32 bits per heavy atom. The third-order valence-electron chi connectivity index (χ3n) is 3.12. The smallest absolute Gasteiger partial charge is 0.157 e. The normalized spacial score (nSPS) is 20.7. The van der Waals surface area contributed by atoms with Gasteiger partial charge in [0.1, 0.15) is 0 Å². The van der Waals surface area contributed by atoms with Crippen molar-refractivity contribution in [3.63, 3.8) is 0 Å². The lowest BCUT2D eigenvalue weighted by atomic mass is 10.1. The van der Waals surface area contributed by atoms with Crippen molar-refractivity contribution in [1.29, 1.82) is 0 Å². The molecular weight excluding hydrogens is 274 g/mol. The summed E-state index contributed by atoms with van der Waals surface area (Å²) in [5, 5.41) is 6.43. The van der Waals surface area contributed by atoms with Crippen LogP contribution in [0.5, 0.6) is 0 Å². The second-order valence-electron chi connectivity index (χ2n) is 5.56. The van der Waals surface area contributed by atoms with Crippen LogP contribution in [0.4, 0.5) is 0 Å². The molecule has 0 aromatic carbocycles. The van der Waals surface area contributed by atoms with Crippen LogP contribution >= 0.6 is 23.1 Å². The number of nitrogens with one attached hydrogen (secondary N) is 1. The van der Waals surface area contributed by atoms with Crippen LogP contribution in [-0.2, 0) is 0 Å². The first-order valence-corrected chi connectivity index (χ1v) is 8.57. The molecule has 19 heavy (non-hydrogen) atoms. The Balaban J connectivity index is 1.90. The molecule has 0 spiro atoms. The van der Waals surface area contributed by atoms with Crippen molar-refractivity contribution >= 4 is 28.3 Å². The van der Waals surface area contributed by atoms with Crippen LogP contribution in [0.3, 0.4) is 0 Å². The molecule has 2 atom stereocenters. The average Bonchev–Trinajstić information content (AvgIpc) is 2.84. The third-order valence-corrected chi connectivity index (χ3v) is 5.52. The number of thioether (sulfide) groups is 1. The van der Waals surface area contributed by atoms with Crippen molar-refractivity contribution in [2.75, 3.05) is 6.54 Å². The molecule has 3 nitrogen and oxygen atoms in total. The summed E-state index contributed by atoms with van der Waals surface area (Å²) in [6, 6.07) is 0.301. The van der Waals surface area contributed by atoms with Crippen LogP contribution < -0.4 is 5.32 Å². The van der Waals surface area contributed by atoms with E-state index < -0.39 is 0 Å². The van der Waals surface area contributed by atoms with Crippen LogP contribution in [0.2, 0.25) is 0 Å². The summed E-state index contributed by atoms with van der Waals surface area (Å²) in [6.07, 6.45) is 1.24. The third kappa shape index (κ3) is 3.96. The summed E-state index contributed by atoms with van der Waals surface area (Å²) >= 11 is 3.68. The number of nitrogens with zero attached hydrogens (tertiary/aromatic N) is 2. The molecule has 0 saturated carbocycles. The number of aromatic nitrogens is 1. The summed E-state index contributed by atoms with van der Waals surface area (Å²) in [4.78, 5) is 10.4. The lowest BCUT2D eigenvalue weighted by molar-refractivity contribution is 0.575. The van der Waals surface area contributed by atoms with Gasteiger partial charge < -0.3 is 5.32 Å². The van der Waals surface area contributed by atoms with E-state index in [2.05, 4.69) is 49.9 Å². The zero-order chi connectivity index (χ0) is 14.0. The predicted molar refractivity (Wildman–Crippen MR) is 86.3 cm³/mol. The molecule has 0 bridgehead atoms. The maximum Gasteiger partial charge on any atom is 0.157 e. The minimum Gasteiger partial charge on any atom is -0.358 e. The topological polar surface area (TPSA) is 37.3 Å². The Hall–Kier alpha value is -0.550. The first kappa shape index (κ1) is 14.9. The first-order chi connectivity index (χ1) is 8.95. The van der Waals surface area contributed by atoms with Crippen molar-refractivity contribution in [2.24, 2.45) is 10.9 Å². The summed E-state index contributed by atoms with van der Waals surface area (Å²) < 4.78 is 0. The molecule has 1 aromatic heterocycles. The summed E-state index contributed by atoms with van der Waals surface area (Å²) in [6.45, 7) is 11.9. The average molecular weight is 297 g/mol. The molecule has 0 fully saturated rings. The second kappa shape index (κ2) is 6.27. The van der Waals surface area contributed by atoms with Gasteiger partial charge in [0.15, 0.2) is 5.17 Å². The van der Waals surface area contributed by atoms with E-state index >= 15 is 0 Å². The molecule has 1 aliphatic rings. The number of aliphatic imine (C=N–C) groups is 1. The van der Waals surface area contributed by atoms with Crippen LogP contribution in [0, 0.1) is 19.8 Å². The van der Waals surface area contributed by atoms with Gasteiger partial charge in [0, 0.05) is 10.1 Å². The van der Waals surface area contributed by atoms with Crippen molar-refractivity contribution in [3.8, 4) is 0 Å². The molecule has 0 amide bonds. The van der Waals surface area contributed by atoms with Crippen molar-refractivity contribution in [3.05, 3.63) is 15.6 Å². The molecule has 0 radical (unpaired) electrons. The highest BCUT2D eigenvalue weighted by Crippen LogP contribution is 2.29. The number of rotatable bonds is 4. The van der Waals surface area contributed by atoms with E-state index in [1.807, 2.05) is 11.8 Å². The standard InChI is InChI=1S/C14H23N3S2/c1-8(2)6-12-7-15-14(19-12)17-10(4)13-9(3)16-11(5)18-13/h8,10,12H,6-7H2,1-5H3,(H,15,17). The van der Waals surface area contributed by atoms with Gasteiger partial charge in [-0.05, 0) is 33.1 Å². The monoisotopic (exact) mass is 297 g/mol. The Bertz CT molecular complexity index is 465. The van der Waals surface area contributed by atoms with E-state index in [1.54, 1.807) is 11.3 Å². The van der Waals surface area contributed by atoms with Crippen LogP contribution in [0.25, 0.3) is 0 Å². The molecule has 2 heterocycles. The highest BCUT2D eigenvalue weighted by Gasteiger charge is 2.22. The zero-order valence-electron chi connectivity index (χ0n) is 12.4. The fourth-order valence-electron chi connectivity index (χ4n) is 2.34. The molecule has 2 unspecified atom stereocenters. The van der Waals surface area contributed by atoms with Gasteiger partial charge in [0.25, 0.3) is 0 Å². The van der Waals surface area contributed by atoms with Crippen molar-refractivity contribution in [2.45, 2.75) is 52.3 Å². The van der Waals surface area contributed by atoms with Gasteiger partial charge in [-0.25, -0.2) is 4.98 Å². The van der Waals surface area contributed by atoms with E-state index in [0.29, 0.717) is 11.3 Å². The lowest BCUT2D eigenvalue weighted by Gasteiger charge is -2.15. The van der Waals surface area contributed by atoms with E-state index in [4.69, 9.17) is 0 Å². The maximum absolute atomic E-state index is 4.62. The predicted octanol–water partition coefficient (Wildman–Crippen LogP) is 3.93. The number of amidine groups is 1. The minimum absolute atomic E-state index is 0.301. The molecule has 5 heteroatoms. The van der Waals surface area contributed by atoms with Gasteiger partial charge in [0.05, 0.1) is 23.3 Å². The minimum atomic E-state index is 0.301. The summed E-state index contributed by atoms with van der Waals surface area (Å²) in [7, 11) is 0. The van der Waals surface area contributed by atoms with Crippen LogP contribution in [0.1, 0.15) is 48.8 Å². The quantitative estimate of drug-likeness (QED) is 0.915. The molecule has 1 N–H and O–H groups in total. The van der Waals surface area contributed by atoms with Gasteiger partial charge >= 0.3 is 0 Å². The summed E-state index contributed by atoms with van der Waals surface area (Å²) in [5.41, 5.74) is 1.14. The number of hydrogen-bond acceptors (Lipinski definition) is 5. The lowest BCUT2D eigenvalue weighted by Crippen LogP contribution is -2.23. The van der Waals surface area contributed by atoms with E-state index in [9.17, 15) is 0 Å². The summed E-state index contributed by atoms with van der Waals surface area (Å²) in [5.74, 6) is 0.746. The second-order valence-corrected chi connectivity index (χ2v) is 8.09. The van der Waals surface area contributed by atoms with Crippen molar-refractivity contribution in [1.82, 2.24) is 10.3 Å². The van der Waals surface area contributed by atoms with E-state index in [-0.39, 0.29) is 0 Å². The first-order valence-electron chi connectivity index (χ1n) is 6.87. The molecule has 1 aliphatic heterocycles. The molecular formula is C14H23N3S2. The zero-order valence-corrected chi connectivity index (χ0v) is 14.0. The molecule has 0 saturated heterocycles. The number of thiazole rings is 1. The Morgan fingerprint density at radius 2 is 2.05 bits per heavy atom. The molecule has 106 valence electrons. The molecule has 0 aliphatic carbocycles. The highest BCUT2D eigenvalue weighted by molar-refractivity contribution is 8.14. The maximum atomic E-state index is 4.62. The van der Waals surface area contributed by atoms with Gasteiger partial charge in [-0.1, -0.05) is 25.6 Å². The van der Waals surface area contributed by atoms with Gasteiger partial charge in [0.2, 0.25) is 0 Å². The SMILES string of the molecule is Cc1nc(C)c(C(C)NC2=NCC(CC(C)C)S2)s1. The molecule has 1 aromatic rings. The van der Waals surface area contributed by atoms with Crippen molar-refractivity contribution < 1.29 is 0 Å². The van der Waals surface area contributed by atoms with Crippen LogP contribution in [0.15, 0.2) is 4.99 Å². The van der Waals surface area contributed by atoms with Gasteiger partial charge in [-0.15, -0.1) is 11.3 Å². The van der Waals surface area contributed by atoms with Crippen LogP contribution in [-0.4, -0.2) is 21.9 Å². The van der Waals surface area contributed by atoms with Gasteiger partial charge in [-0.3, -0.25) is 4.99 Å². The highest BCUT2D eigenvalue weighted by atomic mass is 32.2. The fraction of sp³-hybridized carbons (Fsp3) is 0.714. The number of hydrogen-bond donors (Lipinski definition) is 1. The Morgan fingerprint density at radius 3 is 2.63 bits per heavy atom. The Labute approximate surface area is 124 Å². The molecule has 2 rings (SSSR count).